The first kappa shape index (κ1) is 24.1. The van der Waals surface area contributed by atoms with Crippen LogP contribution in [0.15, 0.2) is 36.7 Å². The molecule has 0 spiro atoms. The predicted molar refractivity (Wildman–Crippen MR) is 141 cm³/mol. The van der Waals surface area contributed by atoms with Crippen molar-refractivity contribution in [2.45, 2.75) is 62.6 Å². The van der Waals surface area contributed by atoms with Crippen molar-refractivity contribution in [3.8, 4) is 5.75 Å². The molecule has 1 aliphatic carbocycles. The molecule has 0 bridgehead atoms. The minimum atomic E-state index is -1.11. The van der Waals surface area contributed by atoms with Gasteiger partial charge in [0.25, 0.3) is 0 Å². The van der Waals surface area contributed by atoms with Crippen LogP contribution in [0.4, 0.5) is 17.5 Å². The molecule has 5 atom stereocenters. The summed E-state index contributed by atoms with van der Waals surface area (Å²) in [6.07, 6.45) is 3.78. The van der Waals surface area contributed by atoms with E-state index in [0.29, 0.717) is 29.8 Å². The summed E-state index contributed by atoms with van der Waals surface area (Å²) >= 11 is 0. The zero-order valence-corrected chi connectivity index (χ0v) is 21.0. The molecule has 2 fully saturated rings. The molecule has 2 aromatic heterocycles. The average molecular weight is 507 g/mol. The van der Waals surface area contributed by atoms with E-state index in [-0.39, 0.29) is 12.5 Å². The lowest BCUT2D eigenvalue weighted by atomic mass is 9.78. The van der Waals surface area contributed by atoms with Crippen LogP contribution in [0.3, 0.4) is 0 Å². The maximum absolute atomic E-state index is 11.0. The van der Waals surface area contributed by atoms with Crippen molar-refractivity contribution in [2.24, 2.45) is 5.92 Å². The Morgan fingerprint density at radius 2 is 1.92 bits per heavy atom. The van der Waals surface area contributed by atoms with Crippen LogP contribution in [0.1, 0.15) is 43.6 Å². The maximum Gasteiger partial charge on any atom is 0.160 e. The Balaban J connectivity index is 1.18. The number of aliphatic hydroxyl groups excluding tert-OH is 2. The number of nitrogens with one attached hydrogen (secondary N) is 1. The molecule has 6 rings (SSSR count). The number of benzene rings is 1. The summed E-state index contributed by atoms with van der Waals surface area (Å²) in [5.41, 5.74) is 8.08. The number of hydrogen-bond acceptors (Lipinski definition) is 10. The molecule has 196 valence electrons. The molecule has 1 saturated heterocycles. The fourth-order valence-electron chi connectivity index (χ4n) is 6.15. The summed E-state index contributed by atoms with van der Waals surface area (Å²) < 4.78 is 12.2. The van der Waals surface area contributed by atoms with Gasteiger partial charge in [-0.2, -0.15) is 0 Å². The van der Waals surface area contributed by atoms with Crippen molar-refractivity contribution in [1.82, 2.24) is 15.0 Å². The van der Waals surface area contributed by atoms with Crippen LogP contribution in [-0.2, 0) is 4.74 Å². The summed E-state index contributed by atoms with van der Waals surface area (Å²) in [6.45, 7) is 0.722. The number of aliphatic hydroxyl groups is 2. The van der Waals surface area contributed by atoms with E-state index in [0.717, 1.165) is 35.1 Å². The van der Waals surface area contributed by atoms with Gasteiger partial charge in [-0.15, -0.1) is 0 Å². The van der Waals surface area contributed by atoms with Gasteiger partial charge in [0, 0.05) is 36.5 Å². The van der Waals surface area contributed by atoms with Crippen molar-refractivity contribution < 1.29 is 19.7 Å². The van der Waals surface area contributed by atoms with Crippen LogP contribution >= 0.6 is 0 Å². The Hall–Kier alpha value is -3.21. The van der Waals surface area contributed by atoms with E-state index in [1.54, 1.807) is 0 Å². The molecular formula is C27H34N6O4. The van der Waals surface area contributed by atoms with Crippen LogP contribution in [0.25, 0.3) is 10.9 Å². The van der Waals surface area contributed by atoms with E-state index in [9.17, 15) is 10.2 Å². The summed E-state index contributed by atoms with van der Waals surface area (Å²) in [5, 5.41) is 25.9. The smallest absolute Gasteiger partial charge is 0.160 e. The Morgan fingerprint density at radius 3 is 2.73 bits per heavy atom. The number of nitrogens with two attached hydrogens (primary N) is 1. The molecule has 1 saturated carbocycles. The van der Waals surface area contributed by atoms with E-state index >= 15 is 0 Å². The summed E-state index contributed by atoms with van der Waals surface area (Å²) in [5.74, 6) is 3.26. The zero-order chi connectivity index (χ0) is 25.5. The second kappa shape index (κ2) is 9.92. The number of anilines is 3. The topological polar surface area (TPSA) is 139 Å². The summed E-state index contributed by atoms with van der Waals surface area (Å²) in [6, 6.07) is 9.58. The molecule has 1 aromatic carbocycles. The molecule has 3 aromatic rings. The number of nitrogen functional groups attached to an aromatic ring is 1. The lowest BCUT2D eigenvalue weighted by molar-refractivity contribution is -0.0168. The number of nitrogens with zero attached hydrogens (tertiary/aromatic N) is 4. The fraction of sp³-hybridized carbons (Fsp3) is 0.519. The van der Waals surface area contributed by atoms with Gasteiger partial charge in [-0.1, -0.05) is 19.3 Å². The van der Waals surface area contributed by atoms with E-state index < -0.39 is 24.5 Å². The van der Waals surface area contributed by atoms with Gasteiger partial charge in [-0.25, -0.2) is 15.0 Å². The normalized spacial score (nSPS) is 28.0. The standard InChI is InChI=1S/C27H34N6O4/c1-29-21-10-8-16-7-9-17(11-19(16)32-21)36-13-20-23(34)24(35)27(37-20)33-12-18(15-5-3-2-4-6-15)22-25(28)30-14-31-26(22)33/h7-11,14-15,18,20,23-24,27,34-35H,2-6,12-13H2,1H3,(H,29,32)(H2,28,30,31)/t18?,20-,23-,24-,27-/m1/s1. The first-order valence-electron chi connectivity index (χ1n) is 13.1. The molecule has 10 nitrogen and oxygen atoms in total. The first-order valence-corrected chi connectivity index (χ1v) is 13.1. The third-order valence-corrected chi connectivity index (χ3v) is 8.13. The third kappa shape index (κ3) is 4.43. The van der Waals surface area contributed by atoms with E-state index in [1.165, 1.54) is 25.6 Å². The van der Waals surface area contributed by atoms with Crippen LogP contribution < -0.4 is 20.7 Å². The van der Waals surface area contributed by atoms with Gasteiger partial charge in [0.2, 0.25) is 0 Å². The van der Waals surface area contributed by atoms with Crippen molar-refractivity contribution in [1.29, 1.82) is 0 Å². The second-order valence-electron chi connectivity index (χ2n) is 10.3. The first-order chi connectivity index (χ1) is 18.0. The maximum atomic E-state index is 11.0. The lowest BCUT2D eigenvalue weighted by Crippen LogP contribution is -2.44. The number of pyridine rings is 1. The Kier molecular flexibility index (Phi) is 6.48. The number of aromatic nitrogens is 3. The molecule has 1 unspecified atom stereocenters. The largest absolute Gasteiger partial charge is 0.491 e. The number of hydrogen-bond donors (Lipinski definition) is 4. The Bertz CT molecular complexity index is 1270. The number of fused-ring (bicyclic) bond motifs is 2. The zero-order valence-electron chi connectivity index (χ0n) is 21.0. The highest BCUT2D eigenvalue weighted by atomic mass is 16.6. The monoisotopic (exact) mass is 506 g/mol. The second-order valence-corrected chi connectivity index (χ2v) is 10.3. The highest BCUT2D eigenvalue weighted by molar-refractivity contribution is 5.81. The van der Waals surface area contributed by atoms with Gasteiger partial charge in [0.15, 0.2) is 6.23 Å². The van der Waals surface area contributed by atoms with E-state index in [2.05, 4.69) is 20.3 Å². The lowest BCUT2D eigenvalue weighted by Gasteiger charge is -2.31. The van der Waals surface area contributed by atoms with Gasteiger partial charge in [-0.3, -0.25) is 0 Å². The highest BCUT2D eigenvalue weighted by Crippen LogP contribution is 2.47. The van der Waals surface area contributed by atoms with Crippen molar-refractivity contribution in [3.05, 3.63) is 42.2 Å². The summed E-state index contributed by atoms with van der Waals surface area (Å²) in [7, 11) is 1.82. The average Bonchev–Trinajstić information content (AvgIpc) is 3.45. The minimum Gasteiger partial charge on any atom is -0.491 e. The fourth-order valence-corrected chi connectivity index (χ4v) is 6.15. The van der Waals surface area contributed by atoms with Gasteiger partial charge in [-0.05, 0) is 43.0 Å². The van der Waals surface area contributed by atoms with Crippen LogP contribution in [0.5, 0.6) is 5.75 Å². The Labute approximate surface area is 215 Å². The Morgan fingerprint density at radius 1 is 1.11 bits per heavy atom. The van der Waals surface area contributed by atoms with Crippen LogP contribution in [-0.4, -0.2) is 69.9 Å². The molecule has 0 radical (unpaired) electrons. The van der Waals surface area contributed by atoms with Crippen LogP contribution in [0, 0.1) is 5.92 Å². The van der Waals surface area contributed by atoms with Gasteiger partial charge in [0.05, 0.1) is 5.52 Å². The molecule has 4 heterocycles. The van der Waals surface area contributed by atoms with E-state index in [4.69, 9.17) is 15.2 Å². The molecule has 3 aliphatic rings. The van der Waals surface area contributed by atoms with Crippen LogP contribution in [0.2, 0.25) is 0 Å². The van der Waals surface area contributed by atoms with Crippen molar-refractivity contribution in [3.63, 3.8) is 0 Å². The number of rotatable bonds is 6. The minimum absolute atomic E-state index is 0.0879. The van der Waals surface area contributed by atoms with Gasteiger partial charge < -0.3 is 35.6 Å². The molecular weight excluding hydrogens is 472 g/mol. The molecule has 0 amide bonds. The highest BCUT2D eigenvalue weighted by Gasteiger charge is 2.50. The predicted octanol–water partition coefficient (Wildman–Crippen LogP) is 2.66. The van der Waals surface area contributed by atoms with Gasteiger partial charge >= 0.3 is 0 Å². The van der Waals surface area contributed by atoms with Crippen molar-refractivity contribution >= 4 is 28.4 Å². The molecule has 5 N–H and O–H groups in total. The van der Waals surface area contributed by atoms with E-state index in [1.807, 2.05) is 42.3 Å². The SMILES string of the molecule is CNc1ccc2ccc(OC[C@H]3O[C@@H](N4CC(C5CCCCC5)c5c(N)ncnc54)[C@H](O)[C@@H]3O)cc2n1. The summed E-state index contributed by atoms with van der Waals surface area (Å²) in [4.78, 5) is 15.3. The molecule has 37 heavy (non-hydrogen) atoms. The molecule has 2 aliphatic heterocycles. The number of ether oxygens (including phenoxy) is 2. The van der Waals surface area contributed by atoms with Gasteiger partial charge in [0.1, 0.15) is 54.4 Å². The quantitative estimate of drug-likeness (QED) is 0.395. The molecule has 10 heteroatoms. The van der Waals surface area contributed by atoms with Crippen molar-refractivity contribution in [2.75, 3.05) is 36.1 Å². The third-order valence-electron chi connectivity index (χ3n) is 8.13.